The molecule has 0 aliphatic carbocycles. The standard InChI is InChI=1S/H3NO5S2/c2-1(7(3)4)8(5)6/h2,7-8H. The zero-order chi connectivity index (χ0) is 6.73. The van der Waals surface area contributed by atoms with Crippen LogP contribution in [0, 0.1) is 0 Å². The first-order valence-corrected chi connectivity index (χ1v) is 3.59. The molecule has 0 atom stereocenters. The summed E-state index contributed by atoms with van der Waals surface area (Å²) in [5, 5.41) is 7.84. The predicted molar refractivity (Wildman–Crippen MR) is 24.3 cm³/mol. The molecule has 0 heterocycles. The Morgan fingerprint density at radius 1 is 1.00 bits per heavy atom. The third kappa shape index (κ3) is 2.21. The lowest BCUT2D eigenvalue weighted by Gasteiger charge is -1.89. The highest BCUT2D eigenvalue weighted by Gasteiger charge is 2.00. The smallest absolute Gasteiger partial charge is 0.239 e. The van der Waals surface area contributed by atoms with Crippen LogP contribution in [0.5, 0.6) is 0 Å². The van der Waals surface area contributed by atoms with Gasteiger partial charge in [0.05, 0.1) is 0 Å². The van der Waals surface area contributed by atoms with Crippen LogP contribution in [0.3, 0.4) is 0 Å². The van der Waals surface area contributed by atoms with E-state index >= 15 is 0 Å². The van der Waals surface area contributed by atoms with Crippen molar-refractivity contribution in [3.05, 3.63) is 0 Å². The van der Waals surface area contributed by atoms with E-state index in [1.807, 2.05) is 0 Å². The normalized spacial score (nSPS) is 11.5. The lowest BCUT2D eigenvalue weighted by atomic mass is 13.5. The molecule has 0 saturated heterocycles. The monoisotopic (exact) mass is 161 g/mol. The summed E-state index contributed by atoms with van der Waals surface area (Å²) < 4.78 is 37.1. The minimum Gasteiger partial charge on any atom is -0.286 e. The van der Waals surface area contributed by atoms with Crippen molar-refractivity contribution in [1.29, 1.82) is 0 Å². The van der Waals surface area contributed by atoms with Crippen LogP contribution in [0.4, 0.5) is 0 Å². The maximum atomic E-state index is 9.47. The Hall–Kier alpha value is -0.180. The maximum absolute atomic E-state index is 9.47. The van der Waals surface area contributed by atoms with E-state index in [9.17, 15) is 16.8 Å². The summed E-state index contributed by atoms with van der Waals surface area (Å²) in [6, 6.07) is 0. The number of rotatable bonds is 2. The summed E-state index contributed by atoms with van der Waals surface area (Å²) in [6.45, 7) is 0. The average molecular weight is 161 g/mol. The van der Waals surface area contributed by atoms with Gasteiger partial charge in [0, 0.05) is 3.87 Å². The first-order valence-electron chi connectivity index (χ1n) is 1.33. The molecule has 8 heteroatoms. The topological polar surface area (TPSA) is 91.8 Å². The minimum absolute atomic E-state index is 0.759. The molecule has 0 amide bonds. The summed E-state index contributed by atoms with van der Waals surface area (Å²) >= 11 is 0. The van der Waals surface area contributed by atoms with E-state index in [1.54, 1.807) is 0 Å². The van der Waals surface area contributed by atoms with Crippen molar-refractivity contribution in [2.24, 2.45) is 0 Å². The van der Waals surface area contributed by atoms with Crippen LogP contribution in [-0.4, -0.2) is 25.9 Å². The molecule has 8 heavy (non-hydrogen) atoms. The molecule has 0 aromatic rings. The fraction of sp³-hybridized carbons (Fsp3) is 0. The summed E-state index contributed by atoms with van der Waals surface area (Å²) in [6.07, 6.45) is 0. The highest BCUT2D eigenvalue weighted by molar-refractivity contribution is 7.85. The van der Waals surface area contributed by atoms with Crippen LogP contribution in [0.15, 0.2) is 0 Å². The predicted octanol–water partition coefficient (Wildman–Crippen LogP) is -2.27. The zero-order valence-electron chi connectivity index (χ0n) is 3.42. The van der Waals surface area contributed by atoms with E-state index in [2.05, 4.69) is 0 Å². The molecule has 0 rings (SSSR count). The summed E-state index contributed by atoms with van der Waals surface area (Å²) in [7, 11) is -6.82. The quantitative estimate of drug-likeness (QED) is 0.314. The molecular weight excluding hydrogens is 158 g/mol. The first-order chi connectivity index (χ1) is 3.55. The molecule has 0 radical (unpaired) electrons. The van der Waals surface area contributed by atoms with Gasteiger partial charge in [-0.3, -0.25) is 5.21 Å². The van der Waals surface area contributed by atoms with Crippen molar-refractivity contribution in [2.75, 3.05) is 0 Å². The molecule has 1 N–H and O–H groups in total. The molecule has 0 fully saturated rings. The zero-order valence-corrected chi connectivity index (χ0v) is 5.21. The second-order valence-corrected chi connectivity index (χ2v) is 2.77. The van der Waals surface area contributed by atoms with Gasteiger partial charge < -0.3 is 0 Å². The van der Waals surface area contributed by atoms with E-state index in [-0.39, 0.29) is 0 Å². The van der Waals surface area contributed by atoms with Crippen LogP contribution in [0.25, 0.3) is 0 Å². The Labute approximate surface area is 48.5 Å². The highest BCUT2D eigenvalue weighted by atomic mass is 32.2. The van der Waals surface area contributed by atoms with Gasteiger partial charge in [0.15, 0.2) is 0 Å². The van der Waals surface area contributed by atoms with Gasteiger partial charge in [-0.2, -0.15) is 0 Å². The van der Waals surface area contributed by atoms with Crippen molar-refractivity contribution >= 4 is 21.8 Å². The van der Waals surface area contributed by atoms with E-state index in [0.29, 0.717) is 0 Å². The lowest BCUT2D eigenvalue weighted by Crippen LogP contribution is -2.13. The summed E-state index contributed by atoms with van der Waals surface area (Å²) in [5.74, 6) is 0. The van der Waals surface area contributed by atoms with Gasteiger partial charge in [0.25, 0.3) is 0 Å². The van der Waals surface area contributed by atoms with Crippen LogP contribution in [0.2, 0.25) is 0 Å². The largest absolute Gasteiger partial charge is 0.286 e. The van der Waals surface area contributed by atoms with Gasteiger partial charge in [-0.25, -0.2) is 16.8 Å². The van der Waals surface area contributed by atoms with Crippen molar-refractivity contribution in [3.63, 3.8) is 0 Å². The molecule has 0 bridgehead atoms. The van der Waals surface area contributed by atoms with Gasteiger partial charge in [0.2, 0.25) is 21.8 Å². The molecule has 0 aliphatic rings. The van der Waals surface area contributed by atoms with Gasteiger partial charge in [-0.05, 0) is 0 Å². The van der Waals surface area contributed by atoms with E-state index in [0.717, 1.165) is 0 Å². The van der Waals surface area contributed by atoms with E-state index in [1.165, 1.54) is 0 Å². The molecule has 0 aliphatic heterocycles. The molecule has 0 unspecified atom stereocenters. The second kappa shape index (κ2) is 2.97. The third-order valence-electron chi connectivity index (χ3n) is 0.292. The van der Waals surface area contributed by atoms with Crippen LogP contribution >= 0.6 is 0 Å². The molecule has 0 spiro atoms. The number of hydrogen-bond donors (Lipinski definition) is 3. The fourth-order valence-corrected chi connectivity index (χ4v) is 0.537. The van der Waals surface area contributed by atoms with Gasteiger partial charge >= 0.3 is 0 Å². The average Bonchev–Trinajstić information content (AvgIpc) is 1.64. The Kier molecular flexibility index (Phi) is 2.90. The molecule has 6 nitrogen and oxygen atoms in total. The van der Waals surface area contributed by atoms with Gasteiger partial charge in [-0.15, -0.1) is 0 Å². The molecule has 0 saturated carbocycles. The summed E-state index contributed by atoms with van der Waals surface area (Å²) in [4.78, 5) is 0. The Balaban J connectivity index is 4.27. The summed E-state index contributed by atoms with van der Waals surface area (Å²) in [5.41, 5.74) is 0. The number of nitrogens with zero attached hydrogens (tertiary/aromatic N) is 1. The van der Waals surface area contributed by atoms with Crippen molar-refractivity contribution in [2.45, 2.75) is 0 Å². The Bertz CT molecular complexity index is 160. The Morgan fingerprint density at radius 2 is 1.25 bits per heavy atom. The van der Waals surface area contributed by atoms with Crippen LogP contribution in [0.1, 0.15) is 0 Å². The number of hydrogen-bond acceptors (Lipinski definition) is 5. The molecule has 0 aromatic heterocycles. The van der Waals surface area contributed by atoms with Gasteiger partial charge in [-0.1, -0.05) is 0 Å². The van der Waals surface area contributed by atoms with E-state index in [4.69, 9.17) is 5.21 Å². The number of thiol groups is 2. The van der Waals surface area contributed by atoms with Crippen molar-refractivity contribution < 1.29 is 22.0 Å². The van der Waals surface area contributed by atoms with Crippen molar-refractivity contribution in [3.8, 4) is 0 Å². The van der Waals surface area contributed by atoms with E-state index < -0.39 is 25.7 Å². The molecular formula is H3NO5S2. The molecule has 50 valence electrons. The SMILES string of the molecule is O=[SH](=O)N(O)[SH](=O)=O. The maximum Gasteiger partial charge on any atom is 0.239 e. The third-order valence-corrected chi connectivity index (χ3v) is 1.75. The minimum atomic E-state index is -3.41. The lowest BCUT2D eigenvalue weighted by molar-refractivity contribution is 0.104. The molecule has 0 aromatic carbocycles. The second-order valence-electron chi connectivity index (χ2n) is 0.744. The van der Waals surface area contributed by atoms with Crippen LogP contribution in [-0.2, 0) is 21.8 Å². The van der Waals surface area contributed by atoms with Crippen LogP contribution < -0.4 is 0 Å². The van der Waals surface area contributed by atoms with Gasteiger partial charge in [0.1, 0.15) is 0 Å². The Morgan fingerprint density at radius 3 is 1.25 bits per heavy atom. The fourth-order valence-electron chi connectivity index (χ4n) is 0.0596. The van der Waals surface area contributed by atoms with Crippen molar-refractivity contribution in [1.82, 2.24) is 3.87 Å². The first kappa shape index (κ1) is 7.82. The highest BCUT2D eigenvalue weighted by Crippen LogP contribution is 1.75.